The number of rotatable bonds is 4. The van der Waals surface area contributed by atoms with E-state index >= 15 is 0 Å². The summed E-state index contributed by atoms with van der Waals surface area (Å²) in [4.78, 5) is 53.1. The summed E-state index contributed by atoms with van der Waals surface area (Å²) in [6.45, 7) is 4.01. The third kappa shape index (κ3) is 4.23. The Balaban J connectivity index is 1.37. The molecule has 0 saturated carbocycles. The van der Waals surface area contributed by atoms with Gasteiger partial charge in [0, 0.05) is 53.9 Å². The topological polar surface area (TPSA) is 138 Å². The normalized spacial score (nSPS) is 14.2. The molecule has 0 saturated heterocycles. The number of nitrogen functional groups attached to an aromatic ring is 1. The smallest absolute Gasteiger partial charge is 0.268 e. The molecule has 6 rings (SSSR count). The minimum Gasteiger partial charge on any atom is -0.383 e. The minimum atomic E-state index is -0.641. The van der Waals surface area contributed by atoms with Crippen LogP contribution in [0.4, 0.5) is 11.6 Å². The summed E-state index contributed by atoms with van der Waals surface area (Å²) in [5.41, 5.74) is 9.08. The third-order valence-electron chi connectivity index (χ3n) is 7.25. The van der Waals surface area contributed by atoms with Crippen molar-refractivity contribution < 1.29 is 9.59 Å². The fraction of sp³-hybridized carbons (Fsp3) is 0.200. The van der Waals surface area contributed by atoms with Gasteiger partial charge in [0.1, 0.15) is 29.2 Å². The van der Waals surface area contributed by atoms with Crippen LogP contribution in [0.15, 0.2) is 72.0 Å². The Labute approximate surface area is 229 Å². The quantitative estimate of drug-likeness (QED) is 0.354. The molecule has 0 fully saturated rings. The van der Waals surface area contributed by atoms with Gasteiger partial charge in [0.2, 0.25) is 0 Å². The highest BCUT2D eigenvalue weighted by Gasteiger charge is 2.35. The van der Waals surface area contributed by atoms with Crippen LogP contribution in [0, 0.1) is 5.41 Å². The molecule has 1 aliphatic carbocycles. The molecule has 1 amide bonds. The first-order chi connectivity index (χ1) is 19.1. The first-order valence-corrected chi connectivity index (χ1v) is 12.8. The molecule has 0 unspecified atom stereocenters. The molecule has 200 valence electrons. The monoisotopic (exact) mass is 533 g/mol. The number of benzene rings is 1. The van der Waals surface area contributed by atoms with Gasteiger partial charge in [-0.25, -0.2) is 15.0 Å². The van der Waals surface area contributed by atoms with E-state index in [-0.39, 0.29) is 22.6 Å². The van der Waals surface area contributed by atoms with E-state index in [2.05, 4.69) is 20.3 Å². The molecule has 0 radical (unpaired) electrons. The van der Waals surface area contributed by atoms with Crippen molar-refractivity contribution in [2.45, 2.75) is 26.7 Å². The number of nitrogens with one attached hydrogen (secondary N) is 1. The average molecular weight is 534 g/mol. The number of hydrogen-bond acceptors (Lipinski definition) is 7. The van der Waals surface area contributed by atoms with Gasteiger partial charge in [-0.05, 0) is 42.2 Å². The third-order valence-corrected chi connectivity index (χ3v) is 7.25. The van der Waals surface area contributed by atoms with Gasteiger partial charge in [-0.2, -0.15) is 0 Å². The van der Waals surface area contributed by atoms with Crippen LogP contribution in [-0.2, 0) is 13.5 Å². The lowest BCUT2D eigenvalue weighted by molar-refractivity contribution is 0.0908. The summed E-state index contributed by atoms with van der Waals surface area (Å²) in [6.07, 6.45) is 5.78. The number of carbonyl (C=O) groups excluding carboxylic acids is 2. The van der Waals surface area contributed by atoms with E-state index in [1.54, 1.807) is 30.5 Å². The molecular weight excluding hydrogens is 506 g/mol. The Kier molecular flexibility index (Phi) is 5.83. The number of nitrogens with zero attached hydrogens (tertiary/aromatic N) is 5. The SMILES string of the molecule is Cn1cc(-c2ccc(NC(=O)c3cc4c(n(-c5ccccc5)c3=O)CC(C)(C)CC4=O)nc2)c2c(N)ncnc21. The van der Waals surface area contributed by atoms with E-state index in [0.717, 1.165) is 11.1 Å². The maximum atomic E-state index is 13.7. The van der Waals surface area contributed by atoms with Crippen molar-refractivity contribution in [3.05, 3.63) is 94.4 Å². The van der Waals surface area contributed by atoms with Crippen molar-refractivity contribution in [3.63, 3.8) is 0 Å². The molecule has 40 heavy (non-hydrogen) atoms. The maximum Gasteiger partial charge on any atom is 0.268 e. The maximum absolute atomic E-state index is 13.7. The Bertz CT molecular complexity index is 1870. The zero-order chi connectivity index (χ0) is 28.2. The summed E-state index contributed by atoms with van der Waals surface area (Å²) in [7, 11) is 1.87. The summed E-state index contributed by atoms with van der Waals surface area (Å²) in [5, 5.41) is 3.43. The first kappa shape index (κ1) is 25.2. The highest BCUT2D eigenvalue weighted by atomic mass is 16.2. The van der Waals surface area contributed by atoms with Gasteiger partial charge in [0.15, 0.2) is 5.78 Å². The van der Waals surface area contributed by atoms with Gasteiger partial charge in [-0.1, -0.05) is 32.0 Å². The number of para-hydroxylation sites is 1. The molecule has 4 heterocycles. The van der Waals surface area contributed by atoms with Crippen LogP contribution in [0.2, 0.25) is 0 Å². The molecule has 1 aromatic carbocycles. The second kappa shape index (κ2) is 9.26. The lowest BCUT2D eigenvalue weighted by Gasteiger charge is -2.32. The Morgan fingerprint density at radius 1 is 1.00 bits per heavy atom. The molecule has 10 heteroatoms. The average Bonchev–Trinajstić information content (AvgIpc) is 3.26. The molecule has 0 bridgehead atoms. The number of amides is 1. The van der Waals surface area contributed by atoms with Crippen molar-refractivity contribution in [2.75, 3.05) is 11.1 Å². The van der Waals surface area contributed by atoms with E-state index in [4.69, 9.17) is 5.73 Å². The predicted molar refractivity (Wildman–Crippen MR) is 153 cm³/mol. The Hall–Kier alpha value is -5.12. The summed E-state index contributed by atoms with van der Waals surface area (Å²) in [5.74, 6) is -0.115. The van der Waals surface area contributed by atoms with E-state index in [1.807, 2.05) is 49.9 Å². The van der Waals surface area contributed by atoms with E-state index < -0.39 is 11.5 Å². The number of ketones is 1. The molecule has 0 aliphatic heterocycles. The van der Waals surface area contributed by atoms with Gasteiger partial charge < -0.3 is 15.6 Å². The Morgan fingerprint density at radius 2 is 1.77 bits per heavy atom. The van der Waals surface area contributed by atoms with Crippen LogP contribution in [-0.4, -0.2) is 35.8 Å². The van der Waals surface area contributed by atoms with Gasteiger partial charge in [0.05, 0.1) is 5.39 Å². The molecular formula is C30H27N7O3. The minimum absolute atomic E-state index is 0.0919. The predicted octanol–water partition coefficient (Wildman–Crippen LogP) is 4.17. The van der Waals surface area contributed by atoms with Crippen molar-refractivity contribution in [1.29, 1.82) is 0 Å². The molecule has 1 aliphatic rings. The summed E-state index contributed by atoms with van der Waals surface area (Å²) < 4.78 is 3.35. The van der Waals surface area contributed by atoms with Crippen LogP contribution in [0.5, 0.6) is 0 Å². The van der Waals surface area contributed by atoms with Gasteiger partial charge in [0.25, 0.3) is 11.5 Å². The number of anilines is 2. The zero-order valence-electron chi connectivity index (χ0n) is 22.3. The number of carbonyl (C=O) groups is 2. The summed E-state index contributed by atoms with van der Waals surface area (Å²) in [6, 6.07) is 13.9. The Morgan fingerprint density at radius 3 is 2.50 bits per heavy atom. The summed E-state index contributed by atoms with van der Waals surface area (Å²) >= 11 is 0. The van der Waals surface area contributed by atoms with Crippen LogP contribution >= 0.6 is 0 Å². The number of aromatic nitrogens is 5. The number of aryl methyl sites for hydroxylation is 1. The molecule has 5 aromatic rings. The van der Waals surface area contributed by atoms with E-state index in [9.17, 15) is 14.4 Å². The fourth-order valence-electron chi connectivity index (χ4n) is 5.39. The van der Waals surface area contributed by atoms with Crippen LogP contribution in [0.1, 0.15) is 46.7 Å². The lowest BCUT2D eigenvalue weighted by Crippen LogP contribution is -2.37. The standard InChI is InChI=1S/C30H27N7O3/c1-30(2)12-22-19(23(38)13-30)11-20(29(40)37(22)18-7-5-4-6-8-18)28(39)35-24-10-9-17(14-32-24)21-15-36(3)27-25(21)26(31)33-16-34-27/h4-11,14-16H,12-13H2,1-3H3,(H2,31,33,34)(H,32,35,39). The molecule has 3 N–H and O–H groups in total. The molecule has 10 nitrogen and oxygen atoms in total. The number of pyridine rings is 2. The number of Topliss-reactive ketones (excluding diaryl/α,β-unsaturated/α-hetero) is 1. The van der Waals surface area contributed by atoms with Crippen LogP contribution < -0.4 is 16.6 Å². The van der Waals surface area contributed by atoms with Gasteiger partial charge in [-0.15, -0.1) is 0 Å². The second-order valence-electron chi connectivity index (χ2n) is 10.8. The number of nitrogens with two attached hydrogens (primary N) is 1. The zero-order valence-corrected chi connectivity index (χ0v) is 22.3. The highest BCUT2D eigenvalue weighted by Crippen LogP contribution is 2.35. The van der Waals surface area contributed by atoms with Crippen molar-refractivity contribution >= 4 is 34.4 Å². The first-order valence-electron chi connectivity index (χ1n) is 12.8. The molecule has 0 spiro atoms. The lowest BCUT2D eigenvalue weighted by atomic mass is 9.75. The highest BCUT2D eigenvalue weighted by molar-refractivity contribution is 6.07. The second-order valence-corrected chi connectivity index (χ2v) is 10.8. The van der Waals surface area contributed by atoms with Crippen molar-refractivity contribution in [3.8, 4) is 16.8 Å². The van der Waals surface area contributed by atoms with Crippen LogP contribution in [0.25, 0.3) is 27.8 Å². The number of fused-ring (bicyclic) bond motifs is 2. The molecule has 0 atom stereocenters. The largest absolute Gasteiger partial charge is 0.383 e. The van der Waals surface area contributed by atoms with Gasteiger partial charge in [-0.3, -0.25) is 19.0 Å². The molecule has 4 aromatic heterocycles. The van der Waals surface area contributed by atoms with Crippen molar-refractivity contribution in [2.24, 2.45) is 12.5 Å². The van der Waals surface area contributed by atoms with E-state index in [1.165, 1.54) is 17.0 Å². The van der Waals surface area contributed by atoms with Gasteiger partial charge >= 0.3 is 0 Å². The number of hydrogen-bond donors (Lipinski definition) is 2. The van der Waals surface area contributed by atoms with Crippen LogP contribution in [0.3, 0.4) is 0 Å². The van der Waals surface area contributed by atoms with E-state index in [0.29, 0.717) is 46.6 Å². The van der Waals surface area contributed by atoms with Crippen molar-refractivity contribution in [1.82, 2.24) is 24.1 Å². The fourth-order valence-corrected chi connectivity index (χ4v) is 5.39.